The molecule has 0 fully saturated rings. The van der Waals surface area contributed by atoms with Gasteiger partial charge in [0.2, 0.25) is 0 Å². The zero-order chi connectivity index (χ0) is 16.7. The molecule has 0 unspecified atom stereocenters. The van der Waals surface area contributed by atoms with Crippen molar-refractivity contribution in [1.29, 1.82) is 0 Å². The highest BCUT2D eigenvalue weighted by Crippen LogP contribution is 2.46. The number of allylic oxidation sites excluding steroid dienone is 1. The van der Waals surface area contributed by atoms with Crippen LogP contribution in [-0.4, -0.2) is 18.1 Å². The second kappa shape index (κ2) is 5.57. The molecule has 120 valence electrons. The van der Waals surface area contributed by atoms with Crippen molar-refractivity contribution in [3.8, 4) is 0 Å². The van der Waals surface area contributed by atoms with Crippen LogP contribution in [0.5, 0.6) is 0 Å². The summed E-state index contributed by atoms with van der Waals surface area (Å²) in [5.74, 6) is 0.344. The minimum atomic E-state index is -0.368. The van der Waals surface area contributed by atoms with Gasteiger partial charge in [0.1, 0.15) is 5.69 Å². The number of benzene rings is 1. The molecule has 23 heavy (non-hydrogen) atoms. The third-order valence-corrected chi connectivity index (χ3v) is 4.32. The first-order chi connectivity index (χ1) is 10.9. The summed E-state index contributed by atoms with van der Waals surface area (Å²) in [6, 6.07) is 8.31. The van der Waals surface area contributed by atoms with E-state index in [1.54, 1.807) is 0 Å². The smallest absolute Gasteiger partial charge is 0.335 e. The zero-order valence-electron chi connectivity index (χ0n) is 13.7. The fourth-order valence-corrected chi connectivity index (χ4v) is 3.07. The van der Waals surface area contributed by atoms with Crippen molar-refractivity contribution in [1.82, 2.24) is 4.98 Å². The minimum absolute atomic E-state index is 0.113. The molecule has 0 saturated carbocycles. The highest BCUT2D eigenvalue weighted by molar-refractivity contribution is 6.02. The zero-order valence-corrected chi connectivity index (χ0v) is 13.7. The van der Waals surface area contributed by atoms with Crippen molar-refractivity contribution in [2.24, 2.45) is 0 Å². The number of hydrogen-bond donors (Lipinski definition) is 1. The van der Waals surface area contributed by atoms with Crippen molar-refractivity contribution in [3.63, 3.8) is 0 Å². The molecule has 1 aromatic carbocycles. The van der Waals surface area contributed by atoms with Gasteiger partial charge in [-0.15, -0.1) is 0 Å². The number of nitrogen functional groups attached to an aromatic ring is 1. The van der Waals surface area contributed by atoms with E-state index < -0.39 is 0 Å². The predicted molar refractivity (Wildman–Crippen MR) is 87.9 cm³/mol. The number of oxazole rings is 1. The number of rotatable bonds is 3. The number of esters is 1. The van der Waals surface area contributed by atoms with Crippen LogP contribution in [0.2, 0.25) is 0 Å². The number of ether oxygens (including phenoxy) is 1. The van der Waals surface area contributed by atoms with E-state index in [9.17, 15) is 4.79 Å². The summed E-state index contributed by atoms with van der Waals surface area (Å²) in [4.78, 5) is 16.5. The molecule has 1 atom stereocenters. The summed E-state index contributed by atoms with van der Waals surface area (Å²) in [6.45, 7) is 6.12. The summed E-state index contributed by atoms with van der Waals surface area (Å²) < 4.78 is 10.4. The van der Waals surface area contributed by atoms with Crippen LogP contribution in [0, 0.1) is 0 Å². The average Bonchev–Trinajstić information content (AvgIpc) is 3.03. The molecule has 0 saturated heterocycles. The number of hydrogen-bond acceptors (Lipinski definition) is 5. The van der Waals surface area contributed by atoms with Gasteiger partial charge in [-0.2, -0.15) is 4.98 Å². The van der Waals surface area contributed by atoms with Crippen LogP contribution in [0.25, 0.3) is 5.57 Å². The number of fused-ring (bicyclic) bond motifs is 1. The van der Waals surface area contributed by atoms with Crippen LogP contribution < -0.4 is 5.73 Å². The third kappa shape index (κ3) is 2.42. The van der Waals surface area contributed by atoms with Gasteiger partial charge in [-0.05, 0) is 24.0 Å². The highest BCUT2D eigenvalue weighted by atomic mass is 16.5. The molecule has 3 rings (SSSR count). The molecule has 0 spiro atoms. The van der Waals surface area contributed by atoms with Crippen LogP contribution in [0.15, 0.2) is 34.3 Å². The van der Waals surface area contributed by atoms with Crippen molar-refractivity contribution >= 4 is 17.6 Å². The molecule has 1 aromatic heterocycles. The molecule has 1 aliphatic rings. The number of carbonyl (C=O) groups excluding carboxylic acids is 1. The van der Waals surface area contributed by atoms with Gasteiger partial charge < -0.3 is 14.9 Å². The largest absolute Gasteiger partial charge is 0.466 e. The van der Waals surface area contributed by atoms with E-state index in [1.807, 2.05) is 19.1 Å². The average molecular weight is 312 g/mol. The summed E-state index contributed by atoms with van der Waals surface area (Å²) in [5.41, 5.74) is 9.88. The van der Waals surface area contributed by atoms with Gasteiger partial charge in [-0.3, -0.25) is 0 Å². The van der Waals surface area contributed by atoms with Gasteiger partial charge in [0.25, 0.3) is 6.01 Å². The Labute approximate surface area is 135 Å². The van der Waals surface area contributed by atoms with E-state index in [0.29, 0.717) is 22.9 Å². The van der Waals surface area contributed by atoms with E-state index in [4.69, 9.17) is 14.9 Å². The van der Waals surface area contributed by atoms with Gasteiger partial charge in [-0.25, -0.2) is 4.79 Å². The maximum atomic E-state index is 12.3. The molecule has 5 heteroatoms. The van der Waals surface area contributed by atoms with Crippen LogP contribution in [-0.2, 0) is 9.53 Å². The Balaban J connectivity index is 2.12. The van der Waals surface area contributed by atoms with Gasteiger partial charge in [0.15, 0.2) is 5.76 Å². The standard InChI is InChI=1S/C18H20N2O3/c1-9(2)11-5-7-12(8-6-11)14-13(17(21)22-4)10(3)16-15(14)20-18(19)23-16/h5-9,14H,1-4H3,(H2,19,20)/t14-/m0/s1. The molecule has 0 radical (unpaired) electrons. The molecule has 0 aliphatic heterocycles. The van der Waals surface area contributed by atoms with E-state index in [0.717, 1.165) is 11.1 Å². The van der Waals surface area contributed by atoms with Crippen LogP contribution >= 0.6 is 0 Å². The second-order valence-corrected chi connectivity index (χ2v) is 6.05. The van der Waals surface area contributed by atoms with E-state index in [2.05, 4.69) is 31.0 Å². The molecule has 1 heterocycles. The SMILES string of the molecule is COC(=O)C1=C(C)c2oc(N)nc2[C@H]1c1ccc(C(C)C)cc1. The second-order valence-electron chi connectivity index (χ2n) is 6.05. The van der Waals surface area contributed by atoms with Crippen molar-refractivity contribution in [2.75, 3.05) is 12.8 Å². The number of carbonyl (C=O) groups is 1. The highest BCUT2D eigenvalue weighted by Gasteiger charge is 2.39. The first-order valence-electron chi connectivity index (χ1n) is 7.59. The Hall–Kier alpha value is -2.56. The maximum absolute atomic E-state index is 12.3. The molecule has 1 aliphatic carbocycles. The molecule has 0 bridgehead atoms. The topological polar surface area (TPSA) is 78.3 Å². The van der Waals surface area contributed by atoms with Gasteiger partial charge >= 0.3 is 5.97 Å². The number of anilines is 1. The van der Waals surface area contributed by atoms with Gasteiger partial charge in [0.05, 0.1) is 18.6 Å². The third-order valence-electron chi connectivity index (χ3n) is 4.32. The Morgan fingerprint density at radius 3 is 2.52 bits per heavy atom. The summed E-state index contributed by atoms with van der Waals surface area (Å²) in [6.07, 6.45) is 0. The Bertz CT molecular complexity index is 785. The lowest BCUT2D eigenvalue weighted by Gasteiger charge is -2.15. The van der Waals surface area contributed by atoms with E-state index >= 15 is 0 Å². The van der Waals surface area contributed by atoms with E-state index in [-0.39, 0.29) is 17.9 Å². The predicted octanol–water partition coefficient (Wildman–Crippen LogP) is 3.47. The van der Waals surface area contributed by atoms with Crippen LogP contribution in [0.3, 0.4) is 0 Å². The van der Waals surface area contributed by atoms with Gasteiger partial charge in [0, 0.05) is 5.57 Å². The summed E-state index contributed by atoms with van der Waals surface area (Å²) >= 11 is 0. The molecule has 5 nitrogen and oxygen atoms in total. The number of aromatic nitrogens is 1. The molecule has 0 amide bonds. The fraction of sp³-hybridized carbons (Fsp3) is 0.333. The quantitative estimate of drug-likeness (QED) is 0.878. The number of nitrogens with zero attached hydrogens (tertiary/aromatic N) is 1. The minimum Gasteiger partial charge on any atom is -0.466 e. The first kappa shape index (κ1) is 15.3. The Morgan fingerprint density at radius 1 is 1.30 bits per heavy atom. The normalized spacial score (nSPS) is 16.8. The molecular formula is C18H20N2O3. The van der Waals surface area contributed by atoms with E-state index in [1.165, 1.54) is 12.7 Å². The van der Waals surface area contributed by atoms with Crippen molar-refractivity contribution < 1.29 is 13.9 Å². The summed E-state index contributed by atoms with van der Waals surface area (Å²) in [7, 11) is 1.38. The van der Waals surface area contributed by atoms with Crippen LogP contribution in [0.1, 0.15) is 55.2 Å². The maximum Gasteiger partial charge on any atom is 0.335 e. The van der Waals surface area contributed by atoms with Crippen molar-refractivity contribution in [3.05, 3.63) is 52.4 Å². The lowest BCUT2D eigenvalue weighted by Crippen LogP contribution is -2.13. The summed E-state index contributed by atoms with van der Waals surface area (Å²) in [5, 5.41) is 0. The Kier molecular flexibility index (Phi) is 3.72. The van der Waals surface area contributed by atoms with Crippen molar-refractivity contribution in [2.45, 2.75) is 32.6 Å². The van der Waals surface area contributed by atoms with Crippen LogP contribution in [0.4, 0.5) is 6.01 Å². The number of methoxy groups -OCH3 is 1. The fourth-order valence-electron chi connectivity index (χ4n) is 3.07. The Morgan fingerprint density at radius 2 is 1.96 bits per heavy atom. The first-order valence-corrected chi connectivity index (χ1v) is 7.59. The molecule has 2 N–H and O–H groups in total. The molecular weight excluding hydrogens is 292 g/mol. The lowest BCUT2D eigenvalue weighted by atomic mass is 9.89. The monoisotopic (exact) mass is 312 g/mol. The van der Waals surface area contributed by atoms with Gasteiger partial charge in [-0.1, -0.05) is 38.1 Å². The molecule has 2 aromatic rings. The lowest BCUT2D eigenvalue weighted by molar-refractivity contribution is -0.136. The number of nitrogens with two attached hydrogens (primary N) is 1.